The molecule has 1 rings (SSSR count). The van der Waals surface area contributed by atoms with Crippen LogP contribution in [0.25, 0.3) is 0 Å². The van der Waals surface area contributed by atoms with Crippen LogP contribution < -0.4 is 20.2 Å². The summed E-state index contributed by atoms with van der Waals surface area (Å²) in [6, 6.07) is 5.20. The molecule has 7 heteroatoms. The maximum atomic E-state index is 11.5. The van der Waals surface area contributed by atoms with Crippen molar-refractivity contribution in [1.82, 2.24) is 10.7 Å². The molecule has 2 N–H and O–H groups in total. The van der Waals surface area contributed by atoms with E-state index in [4.69, 9.17) is 9.47 Å². The van der Waals surface area contributed by atoms with E-state index in [2.05, 4.69) is 29.0 Å². The van der Waals surface area contributed by atoms with Crippen LogP contribution in [-0.2, 0) is 9.59 Å². The van der Waals surface area contributed by atoms with Crippen LogP contribution >= 0.6 is 0 Å². The molecule has 0 unspecified atom stereocenters. The first-order valence-electron chi connectivity index (χ1n) is 7.22. The van der Waals surface area contributed by atoms with Crippen molar-refractivity contribution >= 4 is 18.0 Å². The molecule has 0 heterocycles. The van der Waals surface area contributed by atoms with Gasteiger partial charge in [0.05, 0.1) is 13.3 Å². The minimum Gasteiger partial charge on any atom is -0.493 e. The van der Waals surface area contributed by atoms with E-state index < -0.39 is 11.8 Å². The Labute approximate surface area is 141 Å². The summed E-state index contributed by atoms with van der Waals surface area (Å²) in [5.41, 5.74) is 2.99. The van der Waals surface area contributed by atoms with Crippen LogP contribution in [0.15, 0.2) is 48.6 Å². The van der Waals surface area contributed by atoms with E-state index in [0.29, 0.717) is 30.2 Å². The third-order valence-corrected chi connectivity index (χ3v) is 2.71. The molecule has 128 valence electrons. The average Bonchev–Trinajstić information content (AvgIpc) is 2.58. The lowest BCUT2D eigenvalue weighted by molar-refractivity contribution is -0.129. The Kier molecular flexibility index (Phi) is 8.38. The number of benzene rings is 1. The Bertz CT molecular complexity index is 626. The predicted molar refractivity (Wildman–Crippen MR) is 92.2 cm³/mol. The van der Waals surface area contributed by atoms with Crippen LogP contribution in [0, 0.1) is 0 Å². The fourth-order valence-corrected chi connectivity index (χ4v) is 1.65. The lowest BCUT2D eigenvalue weighted by Crippen LogP contribution is -2.29. The summed E-state index contributed by atoms with van der Waals surface area (Å²) >= 11 is 0. The van der Waals surface area contributed by atoms with E-state index in [1.54, 1.807) is 24.3 Å². The number of rotatable bonds is 10. The van der Waals surface area contributed by atoms with Crippen molar-refractivity contribution in [2.45, 2.75) is 6.42 Å². The zero-order valence-electron chi connectivity index (χ0n) is 13.6. The maximum absolute atomic E-state index is 11.5. The molecule has 0 aromatic heterocycles. The van der Waals surface area contributed by atoms with Gasteiger partial charge in [0.25, 0.3) is 0 Å². The van der Waals surface area contributed by atoms with E-state index in [0.717, 1.165) is 0 Å². The van der Waals surface area contributed by atoms with E-state index in [-0.39, 0.29) is 6.42 Å². The number of hydrogen-bond acceptors (Lipinski definition) is 5. The van der Waals surface area contributed by atoms with Gasteiger partial charge in [-0.3, -0.25) is 9.59 Å². The second-order valence-corrected chi connectivity index (χ2v) is 4.57. The number of ether oxygens (including phenoxy) is 2. The van der Waals surface area contributed by atoms with Crippen LogP contribution in [0.4, 0.5) is 0 Å². The smallest absolute Gasteiger partial charge is 0.249 e. The summed E-state index contributed by atoms with van der Waals surface area (Å²) in [6.07, 6.45) is 4.31. The SMILES string of the molecule is C=CCNC(=O)CC(=O)N/N=C/c1ccc(OCC=C)c(OC)c1. The molecule has 7 nitrogen and oxygen atoms in total. The number of carbonyl (C=O) groups excluding carboxylic acids is 2. The van der Waals surface area contributed by atoms with E-state index in [9.17, 15) is 9.59 Å². The molecule has 1 aromatic rings. The predicted octanol–water partition coefficient (Wildman–Crippen LogP) is 1.40. The van der Waals surface area contributed by atoms with E-state index >= 15 is 0 Å². The summed E-state index contributed by atoms with van der Waals surface area (Å²) in [5, 5.41) is 6.31. The Morgan fingerprint density at radius 3 is 2.67 bits per heavy atom. The van der Waals surface area contributed by atoms with Crippen LogP contribution in [0.2, 0.25) is 0 Å². The van der Waals surface area contributed by atoms with Gasteiger partial charge in [0.2, 0.25) is 11.8 Å². The molecule has 0 saturated carbocycles. The molecule has 24 heavy (non-hydrogen) atoms. The normalized spacial score (nSPS) is 10.0. The minimum atomic E-state index is -0.509. The second-order valence-electron chi connectivity index (χ2n) is 4.57. The highest BCUT2D eigenvalue weighted by Crippen LogP contribution is 2.27. The van der Waals surface area contributed by atoms with Crippen molar-refractivity contribution in [2.24, 2.45) is 5.10 Å². The summed E-state index contributed by atoms with van der Waals surface area (Å²) in [7, 11) is 1.53. The monoisotopic (exact) mass is 331 g/mol. The van der Waals surface area contributed by atoms with Gasteiger partial charge in [-0.15, -0.1) is 6.58 Å². The molecule has 0 saturated heterocycles. The van der Waals surface area contributed by atoms with Gasteiger partial charge in [-0.1, -0.05) is 18.7 Å². The molecular formula is C17H21N3O4. The molecule has 0 bridgehead atoms. The van der Waals surface area contributed by atoms with E-state index in [1.807, 2.05) is 0 Å². The fraction of sp³-hybridized carbons (Fsp3) is 0.235. The molecule has 0 aliphatic carbocycles. The Balaban J connectivity index is 2.57. The maximum Gasteiger partial charge on any atom is 0.249 e. The highest BCUT2D eigenvalue weighted by Gasteiger charge is 2.07. The topological polar surface area (TPSA) is 89.0 Å². The van der Waals surface area contributed by atoms with Crippen molar-refractivity contribution in [3.63, 3.8) is 0 Å². The zero-order chi connectivity index (χ0) is 17.8. The average molecular weight is 331 g/mol. The fourth-order valence-electron chi connectivity index (χ4n) is 1.65. The minimum absolute atomic E-state index is 0.303. The van der Waals surface area contributed by atoms with Crippen molar-refractivity contribution < 1.29 is 19.1 Å². The van der Waals surface area contributed by atoms with Crippen molar-refractivity contribution in [3.8, 4) is 11.5 Å². The van der Waals surface area contributed by atoms with Gasteiger partial charge < -0.3 is 14.8 Å². The van der Waals surface area contributed by atoms with Gasteiger partial charge >= 0.3 is 0 Å². The lowest BCUT2D eigenvalue weighted by atomic mass is 10.2. The van der Waals surface area contributed by atoms with E-state index in [1.165, 1.54) is 19.4 Å². The number of methoxy groups -OCH3 is 1. The van der Waals surface area contributed by atoms with Crippen LogP contribution in [0.1, 0.15) is 12.0 Å². The Morgan fingerprint density at radius 2 is 2.00 bits per heavy atom. The molecule has 1 aromatic carbocycles. The van der Waals surface area contributed by atoms with Gasteiger partial charge in [-0.25, -0.2) is 5.43 Å². The first-order valence-corrected chi connectivity index (χ1v) is 7.22. The number of hydrazone groups is 1. The summed E-state index contributed by atoms with van der Waals surface area (Å²) < 4.78 is 10.7. The van der Waals surface area contributed by atoms with Crippen molar-refractivity contribution in [1.29, 1.82) is 0 Å². The van der Waals surface area contributed by atoms with Crippen molar-refractivity contribution in [2.75, 3.05) is 20.3 Å². The highest BCUT2D eigenvalue weighted by atomic mass is 16.5. The number of amides is 2. The highest BCUT2D eigenvalue weighted by molar-refractivity contribution is 5.97. The summed E-state index contributed by atoms with van der Waals surface area (Å²) in [6.45, 7) is 7.73. The molecular weight excluding hydrogens is 310 g/mol. The van der Waals surface area contributed by atoms with Crippen molar-refractivity contribution in [3.05, 3.63) is 49.1 Å². The largest absolute Gasteiger partial charge is 0.493 e. The molecule has 0 aliphatic rings. The molecule has 0 spiro atoms. The third kappa shape index (κ3) is 6.78. The standard InChI is InChI=1S/C17H21N3O4/c1-4-8-18-16(21)11-17(22)20-19-12-13-6-7-14(24-9-5-2)15(10-13)23-3/h4-7,10,12H,1-2,8-9,11H2,3H3,(H,18,21)(H,20,22)/b19-12+. The molecule has 0 atom stereocenters. The number of carbonyl (C=O) groups is 2. The summed E-state index contributed by atoms with van der Waals surface area (Å²) in [5.74, 6) is 0.215. The van der Waals surface area contributed by atoms with Gasteiger partial charge in [-0.2, -0.15) is 5.10 Å². The van der Waals surface area contributed by atoms with Gasteiger partial charge in [-0.05, 0) is 23.8 Å². The number of nitrogens with one attached hydrogen (secondary N) is 2. The van der Waals surface area contributed by atoms with Crippen LogP contribution in [0.5, 0.6) is 11.5 Å². The quantitative estimate of drug-likeness (QED) is 0.294. The van der Waals surface area contributed by atoms with Crippen LogP contribution in [0.3, 0.4) is 0 Å². The number of nitrogens with zero attached hydrogens (tertiary/aromatic N) is 1. The van der Waals surface area contributed by atoms with Gasteiger partial charge in [0.1, 0.15) is 13.0 Å². The van der Waals surface area contributed by atoms with Crippen LogP contribution in [-0.4, -0.2) is 38.3 Å². The first-order chi connectivity index (χ1) is 11.6. The molecule has 0 fully saturated rings. The lowest BCUT2D eigenvalue weighted by Gasteiger charge is -2.09. The first kappa shape index (κ1) is 19.0. The van der Waals surface area contributed by atoms with Gasteiger partial charge in [0, 0.05) is 6.54 Å². The Morgan fingerprint density at radius 1 is 1.21 bits per heavy atom. The third-order valence-electron chi connectivity index (χ3n) is 2.71. The zero-order valence-corrected chi connectivity index (χ0v) is 13.6. The molecule has 0 aliphatic heterocycles. The summed E-state index contributed by atoms with van der Waals surface area (Å²) in [4.78, 5) is 22.9. The Hall–Kier alpha value is -3.09. The second kappa shape index (κ2) is 10.6. The molecule has 0 radical (unpaired) electrons. The molecule has 2 amide bonds. The van der Waals surface area contributed by atoms with Gasteiger partial charge in [0.15, 0.2) is 11.5 Å². The number of hydrogen-bond donors (Lipinski definition) is 2.